The predicted molar refractivity (Wildman–Crippen MR) is 59.7 cm³/mol. The second-order valence-corrected chi connectivity index (χ2v) is 4.74. The highest BCUT2D eigenvalue weighted by Gasteiger charge is 2.40. The summed E-state index contributed by atoms with van der Waals surface area (Å²) in [4.78, 5) is 13.1. The lowest BCUT2D eigenvalue weighted by Gasteiger charge is -2.21. The van der Waals surface area contributed by atoms with Crippen molar-refractivity contribution in [2.24, 2.45) is 5.41 Å². The number of amides is 2. The molecule has 0 bridgehead atoms. The van der Waals surface area contributed by atoms with Crippen molar-refractivity contribution >= 4 is 6.03 Å². The maximum atomic E-state index is 11.6. The highest BCUT2D eigenvalue weighted by Crippen LogP contribution is 2.47. The number of nitrogens with one attached hydrogen (secondary N) is 1. The number of rotatable bonds is 5. The van der Waals surface area contributed by atoms with Crippen molar-refractivity contribution in [1.29, 1.82) is 0 Å². The summed E-state index contributed by atoms with van der Waals surface area (Å²) in [5.74, 6) is 0. The summed E-state index contributed by atoms with van der Waals surface area (Å²) in [6, 6.07) is -0.0874. The Morgan fingerprint density at radius 3 is 2.60 bits per heavy atom. The van der Waals surface area contributed by atoms with Gasteiger partial charge in [0.05, 0.1) is 6.10 Å². The van der Waals surface area contributed by atoms with Crippen LogP contribution in [0.15, 0.2) is 0 Å². The van der Waals surface area contributed by atoms with Crippen molar-refractivity contribution in [3.8, 4) is 0 Å². The number of hydrogen-bond acceptors (Lipinski definition) is 2. The van der Waals surface area contributed by atoms with Crippen LogP contribution in [0.1, 0.15) is 33.1 Å². The third kappa shape index (κ3) is 3.70. The fourth-order valence-corrected chi connectivity index (χ4v) is 1.71. The molecule has 0 spiro atoms. The Morgan fingerprint density at radius 2 is 2.20 bits per heavy atom. The van der Waals surface area contributed by atoms with Crippen molar-refractivity contribution in [3.05, 3.63) is 0 Å². The van der Waals surface area contributed by atoms with E-state index in [9.17, 15) is 4.79 Å². The van der Waals surface area contributed by atoms with Crippen LogP contribution in [-0.4, -0.2) is 42.3 Å². The quantitative estimate of drug-likeness (QED) is 0.722. The molecule has 2 amide bonds. The topological polar surface area (TPSA) is 52.6 Å². The zero-order chi connectivity index (χ0) is 11.5. The minimum Gasteiger partial charge on any atom is -0.392 e. The van der Waals surface area contributed by atoms with E-state index in [0.29, 0.717) is 12.0 Å². The minimum absolute atomic E-state index is 0.0874. The SMILES string of the molecule is CCC1(CNC(=O)N(C)CC(C)O)CC1. The van der Waals surface area contributed by atoms with Gasteiger partial charge in [-0.2, -0.15) is 0 Å². The molecule has 0 aromatic rings. The molecule has 15 heavy (non-hydrogen) atoms. The summed E-state index contributed by atoms with van der Waals surface area (Å²) in [5, 5.41) is 12.1. The molecule has 1 aliphatic carbocycles. The molecule has 1 rings (SSSR count). The van der Waals surface area contributed by atoms with Gasteiger partial charge in [-0.25, -0.2) is 4.79 Å². The monoisotopic (exact) mass is 214 g/mol. The lowest BCUT2D eigenvalue weighted by molar-refractivity contribution is 0.143. The van der Waals surface area contributed by atoms with E-state index in [2.05, 4.69) is 12.2 Å². The number of urea groups is 1. The van der Waals surface area contributed by atoms with Crippen LogP contribution in [0.25, 0.3) is 0 Å². The molecule has 1 unspecified atom stereocenters. The maximum absolute atomic E-state index is 11.6. The molecule has 0 aromatic heterocycles. The predicted octanol–water partition coefficient (Wildman–Crippen LogP) is 1.20. The lowest BCUT2D eigenvalue weighted by Crippen LogP contribution is -2.42. The molecule has 0 aromatic carbocycles. The molecule has 1 aliphatic rings. The molecular formula is C11H22N2O2. The van der Waals surface area contributed by atoms with E-state index in [1.54, 1.807) is 14.0 Å². The van der Waals surface area contributed by atoms with Gasteiger partial charge in [0.1, 0.15) is 0 Å². The molecule has 88 valence electrons. The van der Waals surface area contributed by atoms with E-state index in [0.717, 1.165) is 13.0 Å². The molecule has 4 heteroatoms. The van der Waals surface area contributed by atoms with Gasteiger partial charge in [-0.1, -0.05) is 6.92 Å². The largest absolute Gasteiger partial charge is 0.392 e. The first-order valence-corrected chi connectivity index (χ1v) is 5.66. The fraction of sp³-hybridized carbons (Fsp3) is 0.909. The molecule has 0 heterocycles. The van der Waals surface area contributed by atoms with E-state index in [4.69, 9.17) is 5.11 Å². The summed E-state index contributed by atoms with van der Waals surface area (Å²) < 4.78 is 0. The van der Waals surface area contributed by atoms with Gasteiger partial charge in [-0.05, 0) is 31.6 Å². The second kappa shape index (κ2) is 4.84. The van der Waals surface area contributed by atoms with Crippen LogP contribution in [0.3, 0.4) is 0 Å². The van der Waals surface area contributed by atoms with Crippen LogP contribution in [-0.2, 0) is 0 Å². The first kappa shape index (κ1) is 12.3. The van der Waals surface area contributed by atoms with Gasteiger partial charge in [-0.3, -0.25) is 0 Å². The molecule has 0 radical (unpaired) electrons. The lowest BCUT2D eigenvalue weighted by atomic mass is 10.0. The normalized spacial score (nSPS) is 19.5. The summed E-state index contributed by atoms with van der Waals surface area (Å²) in [5.41, 5.74) is 0.376. The van der Waals surface area contributed by atoms with Gasteiger partial charge in [0.25, 0.3) is 0 Å². The molecule has 2 N–H and O–H groups in total. The van der Waals surface area contributed by atoms with E-state index < -0.39 is 6.10 Å². The van der Waals surface area contributed by atoms with Gasteiger partial charge in [-0.15, -0.1) is 0 Å². The third-order valence-corrected chi connectivity index (χ3v) is 3.21. The number of likely N-dealkylation sites (N-methyl/N-ethyl adjacent to an activating group) is 1. The Bertz CT molecular complexity index is 225. The molecule has 0 aliphatic heterocycles. The van der Waals surface area contributed by atoms with Crippen molar-refractivity contribution in [2.45, 2.75) is 39.2 Å². The smallest absolute Gasteiger partial charge is 0.317 e. The number of nitrogens with zero attached hydrogens (tertiary/aromatic N) is 1. The van der Waals surface area contributed by atoms with Crippen LogP contribution in [0, 0.1) is 5.41 Å². The fourth-order valence-electron chi connectivity index (χ4n) is 1.71. The van der Waals surface area contributed by atoms with Crippen LogP contribution in [0.5, 0.6) is 0 Å². The van der Waals surface area contributed by atoms with Gasteiger partial charge < -0.3 is 15.3 Å². The molecule has 4 nitrogen and oxygen atoms in total. The van der Waals surface area contributed by atoms with E-state index >= 15 is 0 Å². The Kier molecular flexibility index (Phi) is 3.97. The number of hydrogen-bond donors (Lipinski definition) is 2. The summed E-state index contributed by atoms with van der Waals surface area (Å²) in [6.07, 6.45) is 3.11. The number of aliphatic hydroxyl groups excluding tert-OH is 1. The number of aliphatic hydroxyl groups is 1. The Morgan fingerprint density at radius 1 is 1.60 bits per heavy atom. The highest BCUT2D eigenvalue weighted by molar-refractivity contribution is 5.73. The van der Waals surface area contributed by atoms with Crippen LogP contribution < -0.4 is 5.32 Å². The van der Waals surface area contributed by atoms with Gasteiger partial charge in [0, 0.05) is 20.1 Å². The number of carbonyl (C=O) groups excluding carboxylic acids is 1. The van der Waals surface area contributed by atoms with Gasteiger partial charge >= 0.3 is 6.03 Å². The molecular weight excluding hydrogens is 192 g/mol. The summed E-state index contributed by atoms with van der Waals surface area (Å²) in [7, 11) is 1.70. The Balaban J connectivity index is 2.23. The maximum Gasteiger partial charge on any atom is 0.317 e. The molecule has 1 saturated carbocycles. The Hall–Kier alpha value is -0.770. The molecule has 0 saturated heterocycles. The van der Waals surface area contributed by atoms with E-state index in [1.807, 2.05) is 0 Å². The third-order valence-electron chi connectivity index (χ3n) is 3.21. The average Bonchev–Trinajstić information content (AvgIpc) is 2.94. The van der Waals surface area contributed by atoms with Crippen molar-refractivity contribution < 1.29 is 9.90 Å². The number of carbonyl (C=O) groups is 1. The summed E-state index contributed by atoms with van der Waals surface area (Å²) in [6.45, 7) is 4.99. The second-order valence-electron chi connectivity index (χ2n) is 4.74. The van der Waals surface area contributed by atoms with Crippen molar-refractivity contribution in [3.63, 3.8) is 0 Å². The first-order valence-electron chi connectivity index (χ1n) is 5.66. The van der Waals surface area contributed by atoms with Gasteiger partial charge in [0.15, 0.2) is 0 Å². The van der Waals surface area contributed by atoms with Crippen LogP contribution >= 0.6 is 0 Å². The Labute approximate surface area is 91.6 Å². The molecule has 1 fully saturated rings. The van der Waals surface area contributed by atoms with E-state index in [1.165, 1.54) is 17.7 Å². The minimum atomic E-state index is -0.471. The average molecular weight is 214 g/mol. The van der Waals surface area contributed by atoms with Crippen molar-refractivity contribution in [1.82, 2.24) is 10.2 Å². The first-order chi connectivity index (χ1) is 6.99. The van der Waals surface area contributed by atoms with Crippen molar-refractivity contribution in [2.75, 3.05) is 20.1 Å². The molecule has 1 atom stereocenters. The van der Waals surface area contributed by atoms with Gasteiger partial charge in [0.2, 0.25) is 0 Å². The summed E-state index contributed by atoms with van der Waals surface area (Å²) >= 11 is 0. The van der Waals surface area contributed by atoms with E-state index in [-0.39, 0.29) is 6.03 Å². The van der Waals surface area contributed by atoms with Crippen LogP contribution in [0.4, 0.5) is 4.79 Å². The highest BCUT2D eigenvalue weighted by atomic mass is 16.3. The zero-order valence-electron chi connectivity index (χ0n) is 9.92. The standard InChI is InChI=1S/C11H22N2O2/c1-4-11(5-6-11)8-12-10(15)13(3)7-9(2)14/h9,14H,4-8H2,1-3H3,(H,12,15). The van der Waals surface area contributed by atoms with Crippen LogP contribution in [0.2, 0.25) is 0 Å². The zero-order valence-corrected chi connectivity index (χ0v) is 9.92.